The minimum atomic E-state index is -4.68. The number of rotatable bonds is 3. The minimum absolute atomic E-state index is 0.0274. The Morgan fingerprint density at radius 1 is 1.23 bits per heavy atom. The molecule has 3 aromatic heterocycles. The summed E-state index contributed by atoms with van der Waals surface area (Å²) in [7, 11) is 0. The van der Waals surface area contributed by atoms with E-state index in [2.05, 4.69) is 10.1 Å². The third kappa shape index (κ3) is 3.24. The Morgan fingerprint density at radius 2 is 2.03 bits per heavy atom. The van der Waals surface area contributed by atoms with Gasteiger partial charge in [0, 0.05) is 6.07 Å². The summed E-state index contributed by atoms with van der Waals surface area (Å²) >= 11 is 0. The van der Waals surface area contributed by atoms with E-state index in [0.717, 1.165) is 4.40 Å². The topological polar surface area (TPSA) is 103 Å². The van der Waals surface area contributed by atoms with Gasteiger partial charge in [0.2, 0.25) is 0 Å². The lowest BCUT2D eigenvalue weighted by Gasteiger charge is -2.18. The summed E-state index contributed by atoms with van der Waals surface area (Å²) in [6.07, 6.45) is -0.774. The van der Waals surface area contributed by atoms with Crippen LogP contribution in [0.3, 0.4) is 0 Å². The summed E-state index contributed by atoms with van der Waals surface area (Å²) in [5.74, 6) is -1.10. The van der Waals surface area contributed by atoms with Crippen molar-refractivity contribution in [1.29, 1.82) is 5.26 Å². The number of alkyl halides is 3. The van der Waals surface area contributed by atoms with Crippen molar-refractivity contribution in [2.45, 2.75) is 12.7 Å². The van der Waals surface area contributed by atoms with Crippen molar-refractivity contribution in [2.24, 2.45) is 0 Å². The highest BCUT2D eigenvalue weighted by atomic mass is 19.4. The molecule has 0 saturated heterocycles. The first-order chi connectivity index (χ1) is 14.3. The van der Waals surface area contributed by atoms with Gasteiger partial charge in [0.05, 0.1) is 23.3 Å². The summed E-state index contributed by atoms with van der Waals surface area (Å²) in [6.45, 7) is -1.56. The molecule has 0 fully saturated rings. The van der Waals surface area contributed by atoms with Gasteiger partial charge in [-0.2, -0.15) is 27.9 Å². The van der Waals surface area contributed by atoms with Gasteiger partial charge in [0.25, 0.3) is 5.65 Å². The lowest BCUT2D eigenvalue weighted by molar-refractivity contribution is -0.734. The number of hydrogen-bond donors (Lipinski definition) is 0. The van der Waals surface area contributed by atoms with Crippen LogP contribution in [-0.4, -0.2) is 25.3 Å². The van der Waals surface area contributed by atoms with Gasteiger partial charge in [-0.15, -0.1) is 0 Å². The van der Waals surface area contributed by atoms with E-state index in [4.69, 9.17) is 0 Å². The smallest absolute Gasteiger partial charge is 0.426 e. The number of halogens is 3. The molecule has 4 aromatic rings. The van der Waals surface area contributed by atoms with Gasteiger partial charge in [-0.3, -0.25) is 0 Å². The second-order valence-corrected chi connectivity index (χ2v) is 6.30. The van der Waals surface area contributed by atoms with Gasteiger partial charge in [0.1, 0.15) is 24.3 Å². The quantitative estimate of drug-likeness (QED) is 0.473. The molecule has 0 N–H and O–H groups in total. The van der Waals surface area contributed by atoms with Crippen molar-refractivity contribution in [1.82, 2.24) is 19.2 Å². The molecular formula is C19H11F3N6O2. The zero-order valence-electron chi connectivity index (χ0n) is 15.0. The summed E-state index contributed by atoms with van der Waals surface area (Å²) in [6, 6.07) is 10.2. The summed E-state index contributed by atoms with van der Waals surface area (Å²) in [5.41, 5.74) is -1.00. The van der Waals surface area contributed by atoms with E-state index >= 15 is 0 Å². The lowest BCUT2D eigenvalue weighted by Crippen LogP contribution is -2.48. The van der Waals surface area contributed by atoms with Crippen LogP contribution in [0.15, 0.2) is 60.0 Å². The molecule has 0 aliphatic rings. The maximum atomic E-state index is 13.1. The predicted molar refractivity (Wildman–Crippen MR) is 94.4 cm³/mol. The zero-order valence-corrected chi connectivity index (χ0v) is 15.0. The molecule has 30 heavy (non-hydrogen) atoms. The Labute approximate surface area is 166 Å². The van der Waals surface area contributed by atoms with Crippen LogP contribution in [0.5, 0.6) is 5.88 Å². The van der Waals surface area contributed by atoms with Crippen LogP contribution >= 0.6 is 0 Å². The molecule has 0 atom stereocenters. The van der Waals surface area contributed by atoms with Crippen molar-refractivity contribution in [3.05, 3.63) is 71.2 Å². The van der Waals surface area contributed by atoms with Crippen LogP contribution < -0.4 is 15.2 Å². The predicted octanol–water partition coefficient (Wildman–Crippen LogP) is 1.34. The summed E-state index contributed by atoms with van der Waals surface area (Å²) in [5, 5.41) is 26.3. The van der Waals surface area contributed by atoms with E-state index in [1.807, 2.05) is 6.07 Å². The molecule has 150 valence electrons. The molecule has 4 rings (SSSR count). The van der Waals surface area contributed by atoms with Crippen LogP contribution in [0.4, 0.5) is 13.2 Å². The first-order valence-electron chi connectivity index (χ1n) is 8.50. The molecule has 0 unspecified atom stereocenters. The van der Waals surface area contributed by atoms with E-state index in [0.29, 0.717) is 10.3 Å². The van der Waals surface area contributed by atoms with E-state index in [-0.39, 0.29) is 16.8 Å². The van der Waals surface area contributed by atoms with E-state index in [1.165, 1.54) is 59.9 Å². The lowest BCUT2D eigenvalue weighted by atomic mass is 10.0. The molecule has 0 radical (unpaired) electrons. The average Bonchev–Trinajstić information content (AvgIpc) is 3.25. The Hall–Kier alpha value is -4.20. The molecule has 11 heteroatoms. The van der Waals surface area contributed by atoms with Crippen molar-refractivity contribution >= 4 is 5.65 Å². The minimum Gasteiger partial charge on any atom is -0.842 e. The molecule has 0 amide bonds. The van der Waals surface area contributed by atoms with Crippen LogP contribution in [0.2, 0.25) is 0 Å². The van der Waals surface area contributed by atoms with Crippen LogP contribution in [0.1, 0.15) is 5.56 Å². The summed E-state index contributed by atoms with van der Waals surface area (Å²) in [4.78, 5) is 16.7. The van der Waals surface area contributed by atoms with E-state index in [1.54, 1.807) is 0 Å². The Morgan fingerprint density at radius 3 is 2.70 bits per heavy atom. The largest absolute Gasteiger partial charge is 0.842 e. The van der Waals surface area contributed by atoms with Gasteiger partial charge < -0.3 is 5.11 Å². The van der Waals surface area contributed by atoms with E-state index < -0.39 is 29.7 Å². The number of nitriles is 1. The first-order valence-corrected chi connectivity index (χ1v) is 8.50. The van der Waals surface area contributed by atoms with Crippen molar-refractivity contribution in [2.75, 3.05) is 0 Å². The summed E-state index contributed by atoms with van der Waals surface area (Å²) < 4.78 is 42.1. The van der Waals surface area contributed by atoms with Crippen molar-refractivity contribution in [3.8, 4) is 28.8 Å². The second kappa shape index (κ2) is 7.00. The highest BCUT2D eigenvalue weighted by Gasteiger charge is 2.34. The van der Waals surface area contributed by atoms with Crippen LogP contribution in [0, 0.1) is 11.3 Å². The molecule has 0 spiro atoms. The fraction of sp³-hybridized carbons (Fsp3) is 0.105. The molecule has 0 saturated carbocycles. The average molecular weight is 412 g/mol. The Kier molecular flexibility index (Phi) is 4.46. The second-order valence-electron chi connectivity index (χ2n) is 6.30. The number of nitrogens with zero attached hydrogens (tertiary/aromatic N) is 6. The number of pyridine rings is 1. The number of hydrogen-bond acceptors (Lipinski definition) is 5. The van der Waals surface area contributed by atoms with Crippen molar-refractivity contribution in [3.63, 3.8) is 0 Å². The SMILES string of the molecule is N#Cc1cc(-c2c([O-])[n+](CC(F)(F)F)c3ccccn3c2=O)ccc1-n1cncn1. The maximum absolute atomic E-state index is 13.1. The number of fused-ring (bicyclic) bond motifs is 1. The third-order valence-electron chi connectivity index (χ3n) is 4.42. The fourth-order valence-electron chi connectivity index (χ4n) is 3.17. The monoisotopic (exact) mass is 412 g/mol. The molecule has 3 heterocycles. The number of benzene rings is 1. The normalized spacial score (nSPS) is 11.5. The molecule has 0 aliphatic heterocycles. The van der Waals surface area contributed by atoms with Gasteiger partial charge in [-0.1, -0.05) is 12.1 Å². The molecule has 0 aliphatic carbocycles. The van der Waals surface area contributed by atoms with Crippen molar-refractivity contribution < 1.29 is 22.8 Å². The highest BCUT2D eigenvalue weighted by molar-refractivity contribution is 5.70. The van der Waals surface area contributed by atoms with Gasteiger partial charge >= 0.3 is 11.7 Å². The van der Waals surface area contributed by atoms with Gasteiger partial charge in [-0.25, -0.2) is 19.0 Å². The van der Waals surface area contributed by atoms with E-state index in [9.17, 15) is 28.3 Å². The fourth-order valence-corrected chi connectivity index (χ4v) is 3.17. The Bertz CT molecular complexity index is 1350. The molecule has 1 aromatic carbocycles. The maximum Gasteiger partial charge on any atom is 0.426 e. The number of aromatic nitrogens is 5. The van der Waals surface area contributed by atoms with Gasteiger partial charge in [0.15, 0.2) is 6.54 Å². The molecular weight excluding hydrogens is 401 g/mol. The van der Waals surface area contributed by atoms with Crippen LogP contribution in [-0.2, 0) is 6.54 Å². The Balaban J connectivity index is 2.00. The zero-order chi connectivity index (χ0) is 21.5. The highest BCUT2D eigenvalue weighted by Crippen LogP contribution is 2.26. The molecule has 0 bridgehead atoms. The first kappa shape index (κ1) is 19.1. The van der Waals surface area contributed by atoms with Crippen LogP contribution in [0.25, 0.3) is 22.5 Å². The standard InChI is InChI=1S/C19H11F3N6O2/c20-19(21,22)9-27-15-3-1-2-6-26(15)17(29)16(18(27)30)12-4-5-14(13(7-12)8-23)28-11-24-10-25-28/h1-7,10-11H,9H2. The van der Waals surface area contributed by atoms with Gasteiger partial charge in [-0.05, 0) is 23.8 Å². The third-order valence-corrected chi connectivity index (χ3v) is 4.42. The molecule has 8 nitrogen and oxygen atoms in total.